The van der Waals surface area contributed by atoms with Crippen molar-refractivity contribution in [1.82, 2.24) is 14.8 Å². The van der Waals surface area contributed by atoms with E-state index >= 15 is 0 Å². The average Bonchev–Trinajstić information content (AvgIpc) is 3.11. The number of ether oxygens (including phenoxy) is 2. The molecule has 0 spiro atoms. The predicted molar refractivity (Wildman–Crippen MR) is 108 cm³/mol. The van der Waals surface area contributed by atoms with Gasteiger partial charge in [-0.05, 0) is 11.6 Å². The Bertz CT molecular complexity index is 915. The summed E-state index contributed by atoms with van der Waals surface area (Å²) in [5.41, 5.74) is 7.33. The van der Waals surface area contributed by atoms with E-state index in [2.05, 4.69) is 10.2 Å². The van der Waals surface area contributed by atoms with E-state index in [-0.39, 0.29) is 12.4 Å². The van der Waals surface area contributed by atoms with Crippen molar-refractivity contribution < 1.29 is 14.3 Å². The van der Waals surface area contributed by atoms with Gasteiger partial charge in [-0.1, -0.05) is 60.3 Å². The lowest BCUT2D eigenvalue weighted by Gasteiger charge is -2.13. The molecular formula is C20H22N4O3S. The van der Waals surface area contributed by atoms with Crippen molar-refractivity contribution in [1.29, 1.82) is 0 Å². The van der Waals surface area contributed by atoms with Gasteiger partial charge in [-0.3, -0.25) is 4.79 Å². The molecule has 0 unspecified atom stereocenters. The molecular weight excluding hydrogens is 376 g/mol. The number of amides is 1. The summed E-state index contributed by atoms with van der Waals surface area (Å²) in [6, 6.07) is 17.9. The first kappa shape index (κ1) is 19.9. The summed E-state index contributed by atoms with van der Waals surface area (Å²) in [7, 11) is 1.63. The van der Waals surface area contributed by atoms with Gasteiger partial charge in [0.25, 0.3) is 0 Å². The molecule has 0 aliphatic rings. The Morgan fingerprint density at radius 3 is 2.61 bits per heavy atom. The second-order valence-electron chi connectivity index (χ2n) is 5.95. The minimum absolute atomic E-state index is 0.142. The highest BCUT2D eigenvalue weighted by atomic mass is 32.2. The number of nitrogens with zero attached hydrogens (tertiary/aromatic N) is 3. The Balaban J connectivity index is 1.78. The van der Waals surface area contributed by atoms with Gasteiger partial charge in [-0.25, -0.2) is 0 Å². The van der Waals surface area contributed by atoms with E-state index in [4.69, 9.17) is 15.2 Å². The fourth-order valence-corrected chi connectivity index (χ4v) is 3.39. The van der Waals surface area contributed by atoms with Crippen LogP contribution in [0.3, 0.4) is 0 Å². The van der Waals surface area contributed by atoms with Crippen LogP contribution in [0.25, 0.3) is 11.1 Å². The quantitative estimate of drug-likeness (QED) is 0.528. The first-order chi connectivity index (χ1) is 13.7. The van der Waals surface area contributed by atoms with Crippen molar-refractivity contribution in [3.8, 4) is 16.9 Å². The minimum atomic E-state index is -0.402. The molecule has 8 heteroatoms. The molecule has 0 fully saturated rings. The monoisotopic (exact) mass is 398 g/mol. The Kier molecular flexibility index (Phi) is 7.05. The maximum absolute atomic E-state index is 11.1. The standard InChI is InChI=1S/C20H22N4O3S/c1-26-12-11-24-19(22-23-20(24)28-14-18(21)25)13-27-17-10-6-5-9-16(17)15-7-3-2-4-8-15/h2-10H,11-14H2,1H3,(H2,21,25). The smallest absolute Gasteiger partial charge is 0.227 e. The van der Waals surface area contributed by atoms with E-state index in [1.54, 1.807) is 7.11 Å². The van der Waals surface area contributed by atoms with E-state index in [9.17, 15) is 4.79 Å². The van der Waals surface area contributed by atoms with Crippen LogP contribution in [0.5, 0.6) is 5.75 Å². The van der Waals surface area contributed by atoms with E-state index in [1.807, 2.05) is 59.2 Å². The third-order valence-electron chi connectivity index (χ3n) is 3.98. The van der Waals surface area contributed by atoms with Gasteiger partial charge >= 0.3 is 0 Å². The van der Waals surface area contributed by atoms with Crippen LogP contribution in [-0.2, 0) is 22.7 Å². The van der Waals surface area contributed by atoms with Gasteiger partial charge in [0.15, 0.2) is 11.0 Å². The first-order valence-corrected chi connectivity index (χ1v) is 9.77. The number of carbonyl (C=O) groups is 1. The molecule has 0 saturated heterocycles. The molecule has 2 aromatic carbocycles. The number of para-hydroxylation sites is 1. The van der Waals surface area contributed by atoms with Crippen LogP contribution in [0.1, 0.15) is 5.82 Å². The largest absolute Gasteiger partial charge is 0.485 e. The van der Waals surface area contributed by atoms with Crippen molar-refractivity contribution in [2.45, 2.75) is 18.3 Å². The van der Waals surface area contributed by atoms with E-state index in [0.717, 1.165) is 16.9 Å². The number of primary amides is 1. The Hall–Kier alpha value is -2.84. The fourth-order valence-electron chi connectivity index (χ4n) is 2.67. The van der Waals surface area contributed by atoms with Gasteiger partial charge in [-0.15, -0.1) is 10.2 Å². The summed E-state index contributed by atoms with van der Waals surface area (Å²) >= 11 is 1.25. The number of benzene rings is 2. The molecule has 2 N–H and O–H groups in total. The lowest BCUT2D eigenvalue weighted by atomic mass is 10.1. The van der Waals surface area contributed by atoms with Gasteiger partial charge in [0, 0.05) is 19.2 Å². The molecule has 0 radical (unpaired) electrons. The van der Waals surface area contributed by atoms with Gasteiger partial charge in [0.05, 0.1) is 12.4 Å². The van der Waals surface area contributed by atoms with Crippen molar-refractivity contribution in [3.63, 3.8) is 0 Å². The van der Waals surface area contributed by atoms with Crippen molar-refractivity contribution in [2.75, 3.05) is 19.5 Å². The SMILES string of the molecule is COCCn1c(COc2ccccc2-c2ccccc2)nnc1SCC(N)=O. The number of methoxy groups -OCH3 is 1. The summed E-state index contributed by atoms with van der Waals surface area (Å²) in [4.78, 5) is 11.1. The predicted octanol–water partition coefficient (Wildman–Crippen LogP) is 2.75. The third-order valence-corrected chi connectivity index (χ3v) is 4.97. The Morgan fingerprint density at radius 2 is 1.86 bits per heavy atom. The van der Waals surface area contributed by atoms with E-state index < -0.39 is 5.91 Å². The van der Waals surface area contributed by atoms with Crippen LogP contribution in [0.4, 0.5) is 0 Å². The number of hydrogen-bond acceptors (Lipinski definition) is 6. The van der Waals surface area contributed by atoms with Crippen LogP contribution in [0.15, 0.2) is 59.8 Å². The molecule has 0 bridgehead atoms. The maximum atomic E-state index is 11.1. The molecule has 0 aliphatic heterocycles. The number of thioether (sulfide) groups is 1. The molecule has 0 aliphatic carbocycles. The van der Waals surface area contributed by atoms with Gasteiger partial charge in [0.2, 0.25) is 5.91 Å². The van der Waals surface area contributed by atoms with Crippen molar-refractivity contribution in [3.05, 3.63) is 60.4 Å². The number of hydrogen-bond donors (Lipinski definition) is 1. The second kappa shape index (κ2) is 9.91. The molecule has 1 heterocycles. The fraction of sp³-hybridized carbons (Fsp3) is 0.250. The van der Waals surface area contributed by atoms with Crippen molar-refractivity contribution >= 4 is 17.7 Å². The Labute approximate surface area is 167 Å². The molecule has 3 aromatic rings. The molecule has 0 saturated carbocycles. The zero-order valence-electron chi connectivity index (χ0n) is 15.6. The molecule has 0 atom stereocenters. The lowest BCUT2D eigenvalue weighted by Crippen LogP contribution is -2.15. The average molecular weight is 398 g/mol. The normalized spacial score (nSPS) is 10.8. The maximum Gasteiger partial charge on any atom is 0.227 e. The van der Waals surface area contributed by atoms with E-state index in [1.165, 1.54) is 11.8 Å². The number of rotatable bonds is 10. The molecule has 1 amide bonds. The van der Waals surface area contributed by atoms with E-state index in [0.29, 0.717) is 24.1 Å². The van der Waals surface area contributed by atoms with Gasteiger partial charge in [-0.2, -0.15) is 0 Å². The Morgan fingerprint density at radius 1 is 1.11 bits per heavy atom. The van der Waals surface area contributed by atoms with Crippen LogP contribution in [0.2, 0.25) is 0 Å². The third kappa shape index (κ3) is 5.11. The van der Waals surface area contributed by atoms with Gasteiger partial charge in [0.1, 0.15) is 12.4 Å². The highest BCUT2D eigenvalue weighted by Crippen LogP contribution is 2.30. The van der Waals surface area contributed by atoms with Crippen LogP contribution >= 0.6 is 11.8 Å². The molecule has 146 valence electrons. The number of aromatic nitrogens is 3. The molecule has 3 rings (SSSR count). The first-order valence-electron chi connectivity index (χ1n) is 8.78. The highest BCUT2D eigenvalue weighted by molar-refractivity contribution is 7.99. The van der Waals surface area contributed by atoms with Gasteiger partial charge < -0.3 is 19.8 Å². The van der Waals surface area contributed by atoms with Crippen LogP contribution < -0.4 is 10.5 Å². The summed E-state index contributed by atoms with van der Waals surface area (Å²) in [6.45, 7) is 1.30. The zero-order chi connectivity index (χ0) is 19.8. The zero-order valence-corrected chi connectivity index (χ0v) is 16.4. The summed E-state index contributed by atoms with van der Waals surface area (Å²) in [5.74, 6) is 1.16. The molecule has 28 heavy (non-hydrogen) atoms. The summed E-state index contributed by atoms with van der Waals surface area (Å²) in [6.07, 6.45) is 0. The number of nitrogens with two attached hydrogens (primary N) is 1. The second-order valence-corrected chi connectivity index (χ2v) is 6.89. The lowest BCUT2D eigenvalue weighted by molar-refractivity contribution is -0.115. The molecule has 1 aromatic heterocycles. The van der Waals surface area contributed by atoms with Crippen LogP contribution in [0, 0.1) is 0 Å². The van der Waals surface area contributed by atoms with Crippen LogP contribution in [-0.4, -0.2) is 40.1 Å². The topological polar surface area (TPSA) is 92.3 Å². The summed E-state index contributed by atoms with van der Waals surface area (Å²) < 4.78 is 13.1. The van der Waals surface area contributed by atoms with Crippen molar-refractivity contribution in [2.24, 2.45) is 5.73 Å². The molecule has 7 nitrogen and oxygen atoms in total. The number of carbonyl (C=O) groups excluding carboxylic acids is 1. The minimum Gasteiger partial charge on any atom is -0.485 e. The highest BCUT2D eigenvalue weighted by Gasteiger charge is 2.15. The summed E-state index contributed by atoms with van der Waals surface area (Å²) in [5, 5.41) is 9.01.